The topological polar surface area (TPSA) is 45.2 Å². The van der Waals surface area contributed by atoms with Crippen molar-refractivity contribution < 1.29 is 4.79 Å². The largest absolute Gasteiger partial charge is 0.345 e. The molecule has 0 spiro atoms. The lowest BCUT2D eigenvalue weighted by Crippen LogP contribution is -2.31. The number of carbonyl (C=O) groups excluding carboxylic acids is 1. The molecule has 19 heavy (non-hydrogen) atoms. The van der Waals surface area contributed by atoms with Gasteiger partial charge in [0, 0.05) is 39.0 Å². The zero-order chi connectivity index (χ0) is 13.9. The monoisotopic (exact) mass is 263 g/mol. The molecule has 0 bridgehead atoms. The van der Waals surface area contributed by atoms with Crippen molar-refractivity contribution in [2.24, 2.45) is 0 Å². The molecule has 4 nitrogen and oxygen atoms in total. The van der Waals surface area contributed by atoms with Gasteiger partial charge in [-0.25, -0.2) is 0 Å². The Morgan fingerprint density at radius 3 is 2.74 bits per heavy atom. The highest BCUT2D eigenvalue weighted by Gasteiger charge is 2.07. The van der Waals surface area contributed by atoms with Crippen LogP contribution in [0.5, 0.6) is 0 Å². The third-order valence-corrected chi connectivity index (χ3v) is 3.13. The highest BCUT2D eigenvalue weighted by Crippen LogP contribution is 2.00. The highest BCUT2D eigenvalue weighted by atomic mass is 16.2. The Morgan fingerprint density at radius 2 is 2.05 bits per heavy atom. The van der Waals surface area contributed by atoms with E-state index in [0.717, 1.165) is 26.1 Å². The van der Waals surface area contributed by atoms with Gasteiger partial charge in [-0.05, 0) is 37.1 Å². The maximum absolute atomic E-state index is 11.9. The molecule has 1 amide bonds. The molecule has 106 valence electrons. The van der Waals surface area contributed by atoms with Crippen LogP contribution in [0.15, 0.2) is 24.5 Å². The summed E-state index contributed by atoms with van der Waals surface area (Å²) in [6, 6.07) is 3.98. The molecule has 1 N–H and O–H groups in total. The Morgan fingerprint density at radius 1 is 1.32 bits per heavy atom. The minimum absolute atomic E-state index is 0.207. The van der Waals surface area contributed by atoms with Crippen LogP contribution in [0.1, 0.15) is 31.7 Å². The summed E-state index contributed by atoms with van der Waals surface area (Å²) in [4.78, 5) is 17.7. The van der Waals surface area contributed by atoms with Gasteiger partial charge >= 0.3 is 0 Å². The van der Waals surface area contributed by atoms with Crippen LogP contribution in [0.4, 0.5) is 0 Å². The van der Waals surface area contributed by atoms with Crippen LogP contribution in [0, 0.1) is 0 Å². The number of hydrogen-bond acceptors (Lipinski definition) is 3. The molecule has 0 aliphatic heterocycles. The fraction of sp³-hybridized carbons (Fsp3) is 0.600. The quantitative estimate of drug-likeness (QED) is 0.692. The molecule has 0 aliphatic rings. The zero-order valence-electron chi connectivity index (χ0n) is 12.1. The van der Waals surface area contributed by atoms with Crippen molar-refractivity contribution in [2.75, 3.05) is 26.7 Å². The molecule has 1 aromatic rings. The van der Waals surface area contributed by atoms with Crippen molar-refractivity contribution >= 4 is 5.91 Å². The fourth-order valence-corrected chi connectivity index (χ4v) is 1.78. The van der Waals surface area contributed by atoms with Crippen LogP contribution in [0.2, 0.25) is 0 Å². The second-order valence-corrected chi connectivity index (χ2v) is 4.77. The predicted octanol–water partition coefficient (Wildman–Crippen LogP) is 1.86. The lowest BCUT2D eigenvalue weighted by atomic mass is 10.2. The molecule has 1 heterocycles. The van der Waals surface area contributed by atoms with Crippen molar-refractivity contribution in [1.82, 2.24) is 15.2 Å². The molecule has 0 saturated heterocycles. The normalized spacial score (nSPS) is 10.4. The minimum atomic E-state index is 0.207. The summed E-state index contributed by atoms with van der Waals surface area (Å²) in [5.41, 5.74) is 1.22. The van der Waals surface area contributed by atoms with E-state index in [9.17, 15) is 4.79 Å². The van der Waals surface area contributed by atoms with Gasteiger partial charge in [-0.15, -0.1) is 0 Å². The summed E-state index contributed by atoms with van der Waals surface area (Å²) in [6.45, 7) is 4.71. The van der Waals surface area contributed by atoms with Crippen LogP contribution in [-0.2, 0) is 11.2 Å². The van der Waals surface area contributed by atoms with Gasteiger partial charge in [0.2, 0.25) is 5.91 Å². The van der Waals surface area contributed by atoms with Crippen molar-refractivity contribution in [3.05, 3.63) is 30.1 Å². The van der Waals surface area contributed by atoms with E-state index < -0.39 is 0 Å². The first kappa shape index (κ1) is 15.6. The molecule has 0 aliphatic carbocycles. The lowest BCUT2D eigenvalue weighted by molar-refractivity contribution is -0.129. The molecule has 0 atom stereocenters. The number of rotatable bonds is 9. The number of unbranched alkanes of at least 4 members (excludes halogenated alkanes) is 1. The maximum atomic E-state index is 11.9. The second kappa shape index (κ2) is 9.50. The summed E-state index contributed by atoms with van der Waals surface area (Å²) in [5.74, 6) is 0.207. The van der Waals surface area contributed by atoms with Crippen LogP contribution < -0.4 is 5.32 Å². The molecule has 1 rings (SSSR count). The third kappa shape index (κ3) is 6.91. The van der Waals surface area contributed by atoms with Crippen molar-refractivity contribution in [3.63, 3.8) is 0 Å². The van der Waals surface area contributed by atoms with Gasteiger partial charge in [-0.3, -0.25) is 9.78 Å². The van der Waals surface area contributed by atoms with E-state index in [1.807, 2.05) is 24.1 Å². The van der Waals surface area contributed by atoms with E-state index in [0.29, 0.717) is 6.42 Å². The van der Waals surface area contributed by atoms with Gasteiger partial charge in [-0.1, -0.05) is 13.3 Å². The first-order chi connectivity index (χ1) is 9.24. The molecule has 0 saturated carbocycles. The number of amides is 1. The van der Waals surface area contributed by atoms with Crippen LogP contribution >= 0.6 is 0 Å². The Labute approximate surface area is 116 Å². The smallest absolute Gasteiger partial charge is 0.223 e. The number of carbonyl (C=O) groups is 1. The van der Waals surface area contributed by atoms with Gasteiger partial charge in [0.1, 0.15) is 0 Å². The first-order valence-corrected chi connectivity index (χ1v) is 7.07. The average Bonchev–Trinajstić information content (AvgIpc) is 2.45. The number of nitrogens with one attached hydrogen (secondary N) is 1. The number of nitrogens with zero attached hydrogens (tertiary/aromatic N) is 2. The molecule has 0 fully saturated rings. The van der Waals surface area contributed by atoms with Gasteiger partial charge in [0.05, 0.1) is 0 Å². The Kier molecular flexibility index (Phi) is 7.82. The summed E-state index contributed by atoms with van der Waals surface area (Å²) in [5, 5.41) is 3.29. The van der Waals surface area contributed by atoms with E-state index in [-0.39, 0.29) is 5.91 Å². The SMILES string of the molecule is CCCCNCCC(=O)N(C)CCc1ccncc1. The Bertz CT molecular complexity index is 354. The number of pyridine rings is 1. The molecule has 1 aromatic heterocycles. The number of aromatic nitrogens is 1. The van der Waals surface area contributed by atoms with E-state index in [1.54, 1.807) is 12.4 Å². The molecule has 4 heteroatoms. The maximum Gasteiger partial charge on any atom is 0.223 e. The molecular formula is C15H25N3O. The van der Waals surface area contributed by atoms with Crippen molar-refractivity contribution in [3.8, 4) is 0 Å². The first-order valence-electron chi connectivity index (χ1n) is 7.07. The van der Waals surface area contributed by atoms with Crippen molar-refractivity contribution in [2.45, 2.75) is 32.6 Å². The molecule has 0 radical (unpaired) electrons. The predicted molar refractivity (Wildman–Crippen MR) is 78.0 cm³/mol. The fourth-order valence-electron chi connectivity index (χ4n) is 1.78. The van der Waals surface area contributed by atoms with Crippen LogP contribution in [0.3, 0.4) is 0 Å². The van der Waals surface area contributed by atoms with Gasteiger partial charge in [-0.2, -0.15) is 0 Å². The van der Waals surface area contributed by atoms with Crippen LogP contribution in [0.25, 0.3) is 0 Å². The minimum Gasteiger partial charge on any atom is -0.345 e. The van der Waals surface area contributed by atoms with E-state index in [4.69, 9.17) is 0 Å². The summed E-state index contributed by atoms with van der Waals surface area (Å²) in [7, 11) is 1.87. The van der Waals surface area contributed by atoms with Crippen LogP contribution in [-0.4, -0.2) is 42.5 Å². The van der Waals surface area contributed by atoms with E-state index >= 15 is 0 Å². The second-order valence-electron chi connectivity index (χ2n) is 4.77. The molecule has 0 unspecified atom stereocenters. The van der Waals surface area contributed by atoms with Gasteiger partial charge in [0.15, 0.2) is 0 Å². The summed E-state index contributed by atoms with van der Waals surface area (Å²) < 4.78 is 0. The standard InChI is InChI=1S/C15H25N3O/c1-3-4-9-16-12-7-15(19)18(2)13-8-14-5-10-17-11-6-14/h5-6,10-11,16H,3-4,7-9,12-13H2,1-2H3. The Hall–Kier alpha value is -1.42. The summed E-state index contributed by atoms with van der Waals surface area (Å²) in [6.07, 6.45) is 7.40. The van der Waals surface area contributed by atoms with E-state index in [2.05, 4.69) is 17.2 Å². The van der Waals surface area contributed by atoms with Gasteiger partial charge < -0.3 is 10.2 Å². The van der Waals surface area contributed by atoms with Crippen molar-refractivity contribution in [1.29, 1.82) is 0 Å². The highest BCUT2D eigenvalue weighted by molar-refractivity contribution is 5.76. The lowest BCUT2D eigenvalue weighted by Gasteiger charge is -2.17. The van der Waals surface area contributed by atoms with Gasteiger partial charge in [0.25, 0.3) is 0 Å². The molecular weight excluding hydrogens is 238 g/mol. The zero-order valence-corrected chi connectivity index (χ0v) is 12.1. The number of likely N-dealkylation sites (N-methyl/N-ethyl adjacent to an activating group) is 1. The molecule has 0 aromatic carbocycles. The number of hydrogen-bond donors (Lipinski definition) is 1. The summed E-state index contributed by atoms with van der Waals surface area (Å²) >= 11 is 0. The third-order valence-electron chi connectivity index (χ3n) is 3.13. The average molecular weight is 263 g/mol. The Balaban J connectivity index is 2.14. The van der Waals surface area contributed by atoms with E-state index in [1.165, 1.54) is 18.4 Å².